The molecule has 7 nitrogen and oxygen atoms in total. The molecule has 5 aliphatic carbocycles. The van der Waals surface area contributed by atoms with Crippen LogP contribution in [0.2, 0.25) is 0 Å². The average molecular weight is 520 g/mol. The molecule has 7 rings (SSSR count). The fourth-order valence-corrected chi connectivity index (χ4v) is 9.99. The first kappa shape index (κ1) is 25.3. The number of imide groups is 1. The zero-order valence-corrected chi connectivity index (χ0v) is 22.6. The van der Waals surface area contributed by atoms with Gasteiger partial charge in [-0.25, -0.2) is 9.69 Å². The molecule has 1 saturated heterocycles. The second kappa shape index (κ2) is 8.03. The molecule has 7 heteroatoms. The van der Waals surface area contributed by atoms with Crippen LogP contribution in [0, 0.1) is 51.8 Å². The number of carboxylic acids is 2. The molecular weight excluding hydrogens is 482 g/mol. The number of nitrogens with zero attached hydrogens (tertiary/aromatic N) is 1. The second-order valence-corrected chi connectivity index (χ2v) is 13.4. The topological polar surface area (TPSA) is 112 Å². The number of amides is 2. The highest BCUT2D eigenvalue weighted by molar-refractivity contribution is 6.23. The number of carboxylic acid groups (broad SMARTS) is 2. The van der Waals surface area contributed by atoms with Gasteiger partial charge in [0.1, 0.15) is 0 Å². The number of aliphatic carboxylic acids is 1. The van der Waals surface area contributed by atoms with Crippen molar-refractivity contribution in [2.75, 3.05) is 4.90 Å². The minimum Gasteiger partial charge on any atom is -0.481 e. The molecular formula is C31H37NO6. The van der Waals surface area contributed by atoms with E-state index in [9.17, 15) is 29.4 Å². The van der Waals surface area contributed by atoms with Gasteiger partial charge in [-0.05, 0) is 86.3 Å². The SMILES string of the molecule is CC(C)C1=C[C@@]23CC[C@@H]4[C@](C)(CCC[C@@]4(C)C(=O)O)[C@@H]2C[C@@H]1[C@@H]1C(=O)N(c2cccc(C(=O)O)c2)C(=O)[C@H]13. The van der Waals surface area contributed by atoms with Crippen molar-refractivity contribution >= 4 is 29.4 Å². The Labute approximate surface area is 223 Å². The Balaban J connectivity index is 1.48. The molecule has 1 spiro atoms. The van der Waals surface area contributed by atoms with Crippen molar-refractivity contribution in [2.24, 2.45) is 51.8 Å². The number of anilines is 1. The number of benzene rings is 1. The van der Waals surface area contributed by atoms with Crippen molar-refractivity contribution in [1.82, 2.24) is 0 Å². The molecule has 2 bridgehead atoms. The van der Waals surface area contributed by atoms with Gasteiger partial charge in [0.25, 0.3) is 0 Å². The van der Waals surface area contributed by atoms with E-state index in [1.165, 1.54) is 22.6 Å². The van der Waals surface area contributed by atoms with Crippen LogP contribution in [0.5, 0.6) is 0 Å². The molecule has 8 atom stereocenters. The molecule has 2 amide bonds. The molecule has 1 aliphatic heterocycles. The van der Waals surface area contributed by atoms with E-state index in [4.69, 9.17) is 0 Å². The number of rotatable bonds is 4. The maximum atomic E-state index is 14.3. The Morgan fingerprint density at radius 1 is 1.03 bits per heavy atom. The summed E-state index contributed by atoms with van der Waals surface area (Å²) in [6.45, 7) is 8.48. The molecule has 4 fully saturated rings. The summed E-state index contributed by atoms with van der Waals surface area (Å²) in [5, 5.41) is 19.8. The normalized spacial score (nSPS) is 41.4. The van der Waals surface area contributed by atoms with Crippen LogP contribution in [-0.4, -0.2) is 34.0 Å². The van der Waals surface area contributed by atoms with Crippen LogP contribution in [0.25, 0.3) is 0 Å². The average Bonchev–Trinajstić information content (AvgIpc) is 3.15. The summed E-state index contributed by atoms with van der Waals surface area (Å²) in [5.41, 5.74) is 0.112. The number of carbonyl (C=O) groups is 4. The van der Waals surface area contributed by atoms with Crippen LogP contribution in [-0.2, 0) is 14.4 Å². The summed E-state index contributed by atoms with van der Waals surface area (Å²) in [6, 6.07) is 6.10. The van der Waals surface area contributed by atoms with Crippen molar-refractivity contribution in [2.45, 2.75) is 66.2 Å². The minimum absolute atomic E-state index is 0.0288. The summed E-state index contributed by atoms with van der Waals surface area (Å²) < 4.78 is 0. The molecule has 2 N–H and O–H groups in total. The fraction of sp³-hybridized carbons (Fsp3) is 0.613. The van der Waals surface area contributed by atoms with E-state index >= 15 is 0 Å². The summed E-state index contributed by atoms with van der Waals surface area (Å²) in [7, 11) is 0. The quantitative estimate of drug-likeness (QED) is 0.407. The molecule has 6 aliphatic rings. The van der Waals surface area contributed by atoms with Crippen molar-refractivity contribution in [3.8, 4) is 0 Å². The predicted octanol–water partition coefficient (Wildman–Crippen LogP) is 5.40. The van der Waals surface area contributed by atoms with E-state index in [0.29, 0.717) is 18.5 Å². The van der Waals surface area contributed by atoms with Crippen molar-refractivity contribution < 1.29 is 29.4 Å². The Morgan fingerprint density at radius 3 is 2.42 bits per heavy atom. The Kier molecular flexibility index (Phi) is 5.35. The Hall–Kier alpha value is -2.96. The second-order valence-electron chi connectivity index (χ2n) is 13.4. The van der Waals surface area contributed by atoms with Crippen LogP contribution < -0.4 is 4.90 Å². The lowest BCUT2D eigenvalue weighted by molar-refractivity contribution is -0.194. The lowest BCUT2D eigenvalue weighted by atomic mass is 9.34. The largest absolute Gasteiger partial charge is 0.481 e. The summed E-state index contributed by atoms with van der Waals surface area (Å²) in [4.78, 5) is 53.8. The van der Waals surface area contributed by atoms with Gasteiger partial charge in [0, 0.05) is 5.41 Å². The number of fused-ring (bicyclic) bond motifs is 1. The van der Waals surface area contributed by atoms with Gasteiger partial charge in [-0.3, -0.25) is 14.4 Å². The molecule has 1 heterocycles. The first-order valence-electron chi connectivity index (χ1n) is 14.0. The molecule has 38 heavy (non-hydrogen) atoms. The van der Waals surface area contributed by atoms with Crippen molar-refractivity contribution in [3.05, 3.63) is 41.5 Å². The summed E-state index contributed by atoms with van der Waals surface area (Å²) in [5.74, 6) is -2.89. The summed E-state index contributed by atoms with van der Waals surface area (Å²) >= 11 is 0. The van der Waals surface area contributed by atoms with Gasteiger partial charge in [0.15, 0.2) is 0 Å². The van der Waals surface area contributed by atoms with Gasteiger partial charge in [-0.1, -0.05) is 44.9 Å². The molecule has 202 valence electrons. The Morgan fingerprint density at radius 2 is 1.76 bits per heavy atom. The highest BCUT2D eigenvalue weighted by atomic mass is 16.4. The van der Waals surface area contributed by atoms with Crippen LogP contribution in [0.1, 0.15) is 76.6 Å². The van der Waals surface area contributed by atoms with Gasteiger partial charge < -0.3 is 10.2 Å². The van der Waals surface area contributed by atoms with Crippen molar-refractivity contribution in [3.63, 3.8) is 0 Å². The van der Waals surface area contributed by atoms with Gasteiger partial charge in [0.2, 0.25) is 11.8 Å². The smallest absolute Gasteiger partial charge is 0.335 e. The van der Waals surface area contributed by atoms with Crippen LogP contribution in [0.4, 0.5) is 5.69 Å². The van der Waals surface area contributed by atoms with Crippen molar-refractivity contribution in [1.29, 1.82) is 0 Å². The summed E-state index contributed by atoms with van der Waals surface area (Å²) in [6.07, 6.45) is 7.05. The molecule has 3 saturated carbocycles. The third-order valence-electron chi connectivity index (χ3n) is 11.5. The Bertz CT molecular complexity index is 1300. The zero-order valence-electron chi connectivity index (χ0n) is 22.6. The van der Waals surface area contributed by atoms with Crippen LogP contribution in [0.3, 0.4) is 0 Å². The first-order valence-corrected chi connectivity index (χ1v) is 14.0. The minimum atomic E-state index is -1.10. The molecule has 0 unspecified atom stereocenters. The molecule has 1 aromatic rings. The number of aromatic carboxylic acids is 1. The molecule has 0 radical (unpaired) electrons. The highest BCUT2D eigenvalue weighted by Gasteiger charge is 2.73. The number of allylic oxidation sites excluding steroid dienone is 2. The van der Waals surface area contributed by atoms with E-state index in [1.54, 1.807) is 12.1 Å². The lowest BCUT2D eigenvalue weighted by Gasteiger charge is -2.68. The van der Waals surface area contributed by atoms with Gasteiger partial charge in [-0.15, -0.1) is 0 Å². The lowest BCUT2D eigenvalue weighted by Crippen LogP contribution is -2.65. The van der Waals surface area contributed by atoms with E-state index < -0.39 is 34.6 Å². The third-order valence-corrected chi connectivity index (χ3v) is 11.5. The van der Waals surface area contributed by atoms with E-state index in [2.05, 4.69) is 26.8 Å². The van der Waals surface area contributed by atoms with Gasteiger partial charge >= 0.3 is 11.9 Å². The van der Waals surface area contributed by atoms with Crippen LogP contribution >= 0.6 is 0 Å². The van der Waals surface area contributed by atoms with Gasteiger partial charge in [-0.2, -0.15) is 0 Å². The standard InChI is InChI=1S/C31H37NO6/c1-16(2)20-15-31-12-9-21-29(3,10-6-11-30(21,4)28(37)38)22(31)14-19(20)23-24(31)26(34)32(25(23)33)18-8-5-7-17(13-18)27(35)36/h5,7-8,13,15-16,19,21-24H,6,9-12,14H2,1-4H3,(H,35,36)(H,37,38)/t19-,21+,22-,23-,24-,29-,30+,31-/m0/s1. The molecule has 0 aromatic heterocycles. The van der Waals surface area contributed by atoms with E-state index in [-0.39, 0.29) is 46.5 Å². The maximum absolute atomic E-state index is 14.3. The number of hydrogen-bond donors (Lipinski definition) is 2. The molecule has 1 aromatic carbocycles. The maximum Gasteiger partial charge on any atom is 0.335 e. The third kappa shape index (κ3) is 3.02. The zero-order chi connectivity index (χ0) is 27.4. The highest BCUT2D eigenvalue weighted by Crippen LogP contribution is 2.74. The number of carbonyl (C=O) groups excluding carboxylic acids is 2. The fourth-order valence-electron chi connectivity index (χ4n) is 9.99. The first-order chi connectivity index (χ1) is 17.9. The van der Waals surface area contributed by atoms with E-state index in [1.807, 2.05) is 6.92 Å². The van der Waals surface area contributed by atoms with Gasteiger partial charge in [0.05, 0.1) is 28.5 Å². The van der Waals surface area contributed by atoms with Crippen LogP contribution in [0.15, 0.2) is 35.9 Å². The number of hydrogen-bond acceptors (Lipinski definition) is 4. The van der Waals surface area contributed by atoms with E-state index in [0.717, 1.165) is 25.7 Å². The monoisotopic (exact) mass is 519 g/mol. The predicted molar refractivity (Wildman–Crippen MR) is 140 cm³/mol.